The van der Waals surface area contributed by atoms with E-state index in [4.69, 9.17) is 8.83 Å². The number of amides is 1. The van der Waals surface area contributed by atoms with E-state index in [0.717, 1.165) is 32.6 Å². The summed E-state index contributed by atoms with van der Waals surface area (Å²) in [5, 5.41) is 0. The van der Waals surface area contributed by atoms with Crippen LogP contribution in [-0.4, -0.2) is 52.9 Å². The molecular weight excluding hydrogens is 318 g/mol. The van der Waals surface area contributed by atoms with Gasteiger partial charge in [0, 0.05) is 19.1 Å². The third-order valence-corrected chi connectivity index (χ3v) is 5.36. The lowest BCUT2D eigenvalue weighted by atomic mass is 10.0. The van der Waals surface area contributed by atoms with Gasteiger partial charge in [-0.25, -0.2) is 4.98 Å². The first-order chi connectivity index (χ1) is 12.3. The summed E-state index contributed by atoms with van der Waals surface area (Å²) < 4.78 is 10.8. The lowest BCUT2D eigenvalue weighted by Gasteiger charge is -2.38. The lowest BCUT2D eigenvalue weighted by molar-refractivity contribution is 0.0574. The van der Waals surface area contributed by atoms with Crippen LogP contribution < -0.4 is 0 Å². The molecule has 4 rings (SSSR count). The highest BCUT2D eigenvalue weighted by molar-refractivity contribution is 5.97. The maximum absolute atomic E-state index is 13.0. The molecule has 2 fully saturated rings. The van der Waals surface area contributed by atoms with E-state index in [1.807, 2.05) is 4.90 Å². The Hall–Kier alpha value is -2.08. The van der Waals surface area contributed by atoms with Crippen LogP contribution in [0.5, 0.6) is 0 Å². The number of carbonyl (C=O) groups excluding carboxylic acids is 1. The average molecular weight is 343 g/mol. The van der Waals surface area contributed by atoms with Crippen LogP contribution in [0.15, 0.2) is 33.6 Å². The number of aromatic nitrogens is 1. The molecule has 2 aromatic rings. The van der Waals surface area contributed by atoms with Crippen molar-refractivity contribution in [2.24, 2.45) is 0 Å². The number of furan rings is 1. The number of rotatable bonds is 3. The van der Waals surface area contributed by atoms with Crippen molar-refractivity contribution in [3.8, 4) is 11.5 Å². The molecule has 1 atom stereocenters. The van der Waals surface area contributed by atoms with Crippen molar-refractivity contribution in [2.75, 3.05) is 26.2 Å². The standard InChI is InChI=1S/C19H25N3O3/c23-19(17-18(25-14-20-17)16-8-6-12-24-16)22-11-5-7-15(13-22)21-9-3-1-2-4-10-21/h6,8,12,14-15H,1-5,7,9-11,13H2. The quantitative estimate of drug-likeness (QED) is 0.854. The highest BCUT2D eigenvalue weighted by Gasteiger charge is 2.31. The largest absolute Gasteiger partial charge is 0.461 e. The first-order valence-electron chi connectivity index (χ1n) is 9.33. The van der Waals surface area contributed by atoms with Gasteiger partial charge in [-0.2, -0.15) is 0 Å². The highest BCUT2D eigenvalue weighted by Crippen LogP contribution is 2.26. The van der Waals surface area contributed by atoms with E-state index < -0.39 is 0 Å². The molecule has 2 aromatic heterocycles. The Labute approximate surface area is 147 Å². The predicted molar refractivity (Wildman–Crippen MR) is 93.2 cm³/mol. The molecule has 2 saturated heterocycles. The number of hydrogen-bond acceptors (Lipinski definition) is 5. The van der Waals surface area contributed by atoms with Crippen LogP contribution in [-0.2, 0) is 0 Å². The van der Waals surface area contributed by atoms with Gasteiger partial charge >= 0.3 is 0 Å². The van der Waals surface area contributed by atoms with Crippen LogP contribution in [0.3, 0.4) is 0 Å². The fourth-order valence-corrected chi connectivity index (χ4v) is 4.03. The average Bonchev–Trinajstić information content (AvgIpc) is 3.27. The van der Waals surface area contributed by atoms with Gasteiger partial charge in [-0.05, 0) is 50.9 Å². The van der Waals surface area contributed by atoms with Crippen molar-refractivity contribution in [3.05, 3.63) is 30.5 Å². The minimum atomic E-state index is -0.0559. The van der Waals surface area contributed by atoms with E-state index >= 15 is 0 Å². The van der Waals surface area contributed by atoms with Crippen LogP contribution in [0, 0.1) is 0 Å². The lowest BCUT2D eigenvalue weighted by Crippen LogP contribution is -2.50. The summed E-state index contributed by atoms with van der Waals surface area (Å²) in [5.41, 5.74) is 0.353. The second-order valence-corrected chi connectivity index (χ2v) is 7.00. The summed E-state index contributed by atoms with van der Waals surface area (Å²) in [7, 11) is 0. The molecule has 25 heavy (non-hydrogen) atoms. The molecule has 0 spiro atoms. The van der Waals surface area contributed by atoms with Crippen molar-refractivity contribution in [1.82, 2.24) is 14.8 Å². The topological polar surface area (TPSA) is 62.7 Å². The molecule has 0 radical (unpaired) electrons. The van der Waals surface area contributed by atoms with Crippen molar-refractivity contribution < 1.29 is 13.6 Å². The number of piperidine rings is 1. The van der Waals surface area contributed by atoms with Gasteiger partial charge in [0.25, 0.3) is 5.91 Å². The Kier molecular flexibility index (Phi) is 4.88. The van der Waals surface area contributed by atoms with Crippen molar-refractivity contribution in [2.45, 2.75) is 44.6 Å². The zero-order valence-electron chi connectivity index (χ0n) is 14.5. The number of nitrogens with zero attached hydrogens (tertiary/aromatic N) is 3. The first kappa shape index (κ1) is 16.4. The van der Waals surface area contributed by atoms with E-state index in [1.165, 1.54) is 38.5 Å². The zero-order valence-corrected chi connectivity index (χ0v) is 14.5. The fraction of sp³-hybridized carbons (Fsp3) is 0.579. The van der Waals surface area contributed by atoms with Gasteiger partial charge in [0.2, 0.25) is 5.76 Å². The van der Waals surface area contributed by atoms with Gasteiger partial charge in [0.05, 0.1) is 6.26 Å². The molecule has 0 saturated carbocycles. The third-order valence-electron chi connectivity index (χ3n) is 5.36. The monoisotopic (exact) mass is 343 g/mol. The van der Waals surface area contributed by atoms with Gasteiger partial charge < -0.3 is 13.7 Å². The summed E-state index contributed by atoms with van der Waals surface area (Å²) in [5.74, 6) is 0.911. The Morgan fingerprint density at radius 3 is 2.68 bits per heavy atom. The summed E-state index contributed by atoms with van der Waals surface area (Å²) in [6, 6.07) is 4.03. The fourth-order valence-electron chi connectivity index (χ4n) is 4.03. The second-order valence-electron chi connectivity index (χ2n) is 7.00. The SMILES string of the molecule is O=C(c1ncoc1-c1ccco1)N1CCCC(N2CCCCCC2)C1. The van der Waals surface area contributed by atoms with E-state index in [9.17, 15) is 4.79 Å². The van der Waals surface area contributed by atoms with Crippen LogP contribution in [0.2, 0.25) is 0 Å². The second kappa shape index (κ2) is 7.44. The molecule has 2 aliphatic heterocycles. The maximum atomic E-state index is 13.0. The number of carbonyl (C=O) groups is 1. The van der Waals surface area contributed by atoms with Gasteiger partial charge in [-0.1, -0.05) is 12.8 Å². The molecule has 0 aromatic carbocycles. The van der Waals surface area contributed by atoms with Gasteiger partial charge in [0.1, 0.15) is 0 Å². The predicted octanol–water partition coefficient (Wildman–Crippen LogP) is 3.42. The third kappa shape index (κ3) is 3.49. The Balaban J connectivity index is 1.48. The number of oxazole rings is 1. The maximum Gasteiger partial charge on any atom is 0.276 e. The molecule has 1 amide bonds. The number of hydrogen-bond donors (Lipinski definition) is 0. The summed E-state index contributed by atoms with van der Waals surface area (Å²) in [6.45, 7) is 3.89. The zero-order chi connectivity index (χ0) is 17.1. The van der Waals surface area contributed by atoms with E-state index in [-0.39, 0.29) is 5.91 Å². The molecule has 1 unspecified atom stereocenters. The molecule has 6 heteroatoms. The number of likely N-dealkylation sites (tertiary alicyclic amines) is 2. The van der Waals surface area contributed by atoms with Gasteiger partial charge in [-0.3, -0.25) is 9.69 Å². The molecule has 0 aliphatic carbocycles. The summed E-state index contributed by atoms with van der Waals surface area (Å²) >= 11 is 0. The Morgan fingerprint density at radius 2 is 1.92 bits per heavy atom. The van der Waals surface area contributed by atoms with E-state index in [1.54, 1.807) is 18.4 Å². The van der Waals surface area contributed by atoms with Gasteiger partial charge in [-0.15, -0.1) is 0 Å². The Morgan fingerprint density at radius 1 is 1.08 bits per heavy atom. The van der Waals surface area contributed by atoms with Gasteiger partial charge in [0.15, 0.2) is 17.8 Å². The summed E-state index contributed by atoms with van der Waals surface area (Å²) in [6.07, 6.45) is 10.3. The van der Waals surface area contributed by atoms with Crippen LogP contribution in [0.4, 0.5) is 0 Å². The molecule has 0 bridgehead atoms. The van der Waals surface area contributed by atoms with Crippen molar-refractivity contribution in [3.63, 3.8) is 0 Å². The molecule has 0 N–H and O–H groups in total. The Bertz CT molecular complexity index is 687. The normalized spacial score (nSPS) is 22.7. The van der Waals surface area contributed by atoms with E-state index in [2.05, 4.69) is 9.88 Å². The van der Waals surface area contributed by atoms with Crippen LogP contribution in [0.1, 0.15) is 49.0 Å². The highest BCUT2D eigenvalue weighted by atomic mass is 16.4. The van der Waals surface area contributed by atoms with Crippen molar-refractivity contribution >= 4 is 5.91 Å². The van der Waals surface area contributed by atoms with Crippen molar-refractivity contribution in [1.29, 1.82) is 0 Å². The minimum Gasteiger partial charge on any atom is -0.461 e. The molecule has 6 nitrogen and oxygen atoms in total. The molecular formula is C19H25N3O3. The smallest absolute Gasteiger partial charge is 0.276 e. The first-order valence-corrected chi connectivity index (χ1v) is 9.33. The molecule has 134 valence electrons. The minimum absolute atomic E-state index is 0.0559. The van der Waals surface area contributed by atoms with E-state index in [0.29, 0.717) is 23.3 Å². The summed E-state index contributed by atoms with van der Waals surface area (Å²) in [4.78, 5) is 21.7. The van der Waals surface area contributed by atoms with Crippen LogP contribution >= 0.6 is 0 Å². The van der Waals surface area contributed by atoms with Crippen LogP contribution in [0.25, 0.3) is 11.5 Å². The molecule has 2 aliphatic rings. The molecule has 4 heterocycles.